The second-order valence-corrected chi connectivity index (χ2v) is 7.84. The van der Waals surface area contributed by atoms with E-state index in [-0.39, 0.29) is 0 Å². The van der Waals surface area contributed by atoms with Gasteiger partial charge in [0.2, 0.25) is 0 Å². The molecule has 0 radical (unpaired) electrons. The van der Waals surface area contributed by atoms with Gasteiger partial charge in [0, 0.05) is 16.2 Å². The topological polar surface area (TPSA) is 13.1 Å². The fraction of sp³-hybridized carbons (Fsp3) is 0.0345. The molecule has 1 heterocycles. The maximum absolute atomic E-state index is 6.32. The Morgan fingerprint density at radius 1 is 0.500 bits per heavy atom. The molecule has 0 saturated carbocycles. The molecule has 0 saturated heterocycles. The highest BCUT2D eigenvalue weighted by Crippen LogP contribution is 2.34. The van der Waals surface area contributed by atoms with E-state index in [9.17, 15) is 0 Å². The summed E-state index contributed by atoms with van der Waals surface area (Å²) in [7, 11) is 0. The van der Waals surface area contributed by atoms with Crippen molar-refractivity contribution in [3.63, 3.8) is 0 Å². The fourth-order valence-electron chi connectivity index (χ4n) is 4.34. The van der Waals surface area contributed by atoms with Crippen LogP contribution in [0.4, 0.5) is 0 Å². The monoisotopic (exact) mass is 384 g/mol. The van der Waals surface area contributed by atoms with Crippen LogP contribution in [0, 0.1) is 0 Å². The van der Waals surface area contributed by atoms with Gasteiger partial charge in [-0.3, -0.25) is 0 Å². The zero-order chi connectivity index (χ0) is 19.9. The zero-order valence-electron chi connectivity index (χ0n) is 16.5. The second-order valence-electron chi connectivity index (χ2n) is 7.84. The van der Waals surface area contributed by atoms with Gasteiger partial charge in [-0.05, 0) is 46.2 Å². The third-order valence-corrected chi connectivity index (χ3v) is 5.90. The van der Waals surface area contributed by atoms with Crippen LogP contribution in [-0.2, 0) is 6.42 Å². The van der Waals surface area contributed by atoms with E-state index in [1.807, 2.05) is 0 Å². The molecular formula is C29H20O. The minimum absolute atomic E-state index is 0.892. The number of hydrogen-bond acceptors (Lipinski definition) is 1. The average Bonchev–Trinajstić information content (AvgIpc) is 3.18. The van der Waals surface area contributed by atoms with Crippen molar-refractivity contribution in [2.45, 2.75) is 6.42 Å². The highest BCUT2D eigenvalue weighted by atomic mass is 16.3. The van der Waals surface area contributed by atoms with E-state index >= 15 is 0 Å². The molecule has 30 heavy (non-hydrogen) atoms. The molecule has 1 aromatic heterocycles. The Balaban J connectivity index is 1.36. The third-order valence-electron chi connectivity index (χ3n) is 5.90. The Morgan fingerprint density at radius 2 is 1.20 bits per heavy atom. The van der Waals surface area contributed by atoms with Gasteiger partial charge in [-0.2, -0.15) is 0 Å². The van der Waals surface area contributed by atoms with Gasteiger partial charge >= 0.3 is 0 Å². The number of furan rings is 1. The van der Waals surface area contributed by atoms with E-state index < -0.39 is 0 Å². The quantitative estimate of drug-likeness (QED) is 0.301. The zero-order valence-corrected chi connectivity index (χ0v) is 16.5. The lowest BCUT2D eigenvalue weighted by Gasteiger charge is -2.05. The molecule has 0 aliphatic rings. The van der Waals surface area contributed by atoms with Crippen molar-refractivity contribution < 1.29 is 4.42 Å². The van der Waals surface area contributed by atoms with E-state index in [1.165, 1.54) is 43.8 Å². The molecule has 0 fully saturated rings. The average molecular weight is 384 g/mol. The summed E-state index contributed by atoms with van der Waals surface area (Å²) in [5, 5.41) is 4.74. The first-order chi connectivity index (χ1) is 14.8. The van der Waals surface area contributed by atoms with Crippen molar-refractivity contribution >= 4 is 32.7 Å². The summed E-state index contributed by atoms with van der Waals surface area (Å²) < 4.78 is 6.32. The van der Waals surface area contributed by atoms with Crippen LogP contribution in [0.3, 0.4) is 0 Å². The Kier molecular flexibility index (Phi) is 3.92. The number of fused-ring (bicyclic) bond motifs is 5. The summed E-state index contributed by atoms with van der Waals surface area (Å²) >= 11 is 0. The Bertz CT molecular complexity index is 1490. The smallest absolute Gasteiger partial charge is 0.143 e. The van der Waals surface area contributed by atoms with Crippen molar-refractivity contribution in [2.75, 3.05) is 0 Å². The Morgan fingerprint density at radius 3 is 2.07 bits per heavy atom. The van der Waals surface area contributed by atoms with Crippen LogP contribution >= 0.6 is 0 Å². The van der Waals surface area contributed by atoms with Crippen LogP contribution in [0.15, 0.2) is 114 Å². The van der Waals surface area contributed by atoms with Crippen molar-refractivity contribution in [3.05, 3.63) is 120 Å². The summed E-state index contributed by atoms with van der Waals surface area (Å²) in [6.07, 6.45) is 0.892. The lowest BCUT2D eigenvalue weighted by atomic mass is 9.99. The Labute approximate surface area is 175 Å². The van der Waals surface area contributed by atoms with Crippen LogP contribution in [0.1, 0.15) is 11.1 Å². The van der Waals surface area contributed by atoms with E-state index in [1.54, 1.807) is 0 Å². The number of benzene rings is 5. The molecule has 1 heteroatoms. The third kappa shape index (κ3) is 2.87. The van der Waals surface area contributed by atoms with E-state index in [4.69, 9.17) is 4.42 Å². The van der Waals surface area contributed by atoms with Gasteiger partial charge in [0.25, 0.3) is 0 Å². The predicted octanol–water partition coefficient (Wildman–Crippen LogP) is 8.00. The first-order valence-corrected chi connectivity index (χ1v) is 10.3. The summed E-state index contributed by atoms with van der Waals surface area (Å²) in [5.74, 6) is 0. The van der Waals surface area contributed by atoms with E-state index in [0.717, 1.165) is 17.6 Å². The van der Waals surface area contributed by atoms with Crippen molar-refractivity contribution in [2.24, 2.45) is 0 Å². The van der Waals surface area contributed by atoms with Gasteiger partial charge in [-0.15, -0.1) is 0 Å². The molecule has 0 unspecified atom stereocenters. The van der Waals surface area contributed by atoms with E-state index in [2.05, 4.69) is 109 Å². The summed E-state index contributed by atoms with van der Waals surface area (Å²) in [6.45, 7) is 0. The normalized spacial score (nSPS) is 11.5. The maximum Gasteiger partial charge on any atom is 0.143 e. The van der Waals surface area contributed by atoms with Crippen LogP contribution in [0.2, 0.25) is 0 Å². The largest absolute Gasteiger partial charge is 0.455 e. The Hall–Kier alpha value is -3.84. The van der Waals surface area contributed by atoms with Crippen LogP contribution in [0.25, 0.3) is 43.8 Å². The second kappa shape index (κ2) is 6.89. The van der Waals surface area contributed by atoms with Crippen molar-refractivity contribution in [1.82, 2.24) is 0 Å². The maximum atomic E-state index is 6.32. The molecule has 5 aromatic carbocycles. The fourth-order valence-corrected chi connectivity index (χ4v) is 4.34. The molecule has 0 amide bonds. The lowest BCUT2D eigenvalue weighted by molar-refractivity contribution is 0.672. The molecule has 0 aliphatic heterocycles. The number of hydrogen-bond donors (Lipinski definition) is 0. The minimum atomic E-state index is 0.892. The molecule has 142 valence electrons. The van der Waals surface area contributed by atoms with Gasteiger partial charge in [-0.25, -0.2) is 0 Å². The predicted molar refractivity (Wildman–Crippen MR) is 126 cm³/mol. The molecule has 0 atom stereocenters. The summed E-state index contributed by atoms with van der Waals surface area (Å²) in [4.78, 5) is 0. The molecule has 0 N–H and O–H groups in total. The van der Waals surface area contributed by atoms with Gasteiger partial charge in [0.1, 0.15) is 11.2 Å². The lowest BCUT2D eigenvalue weighted by Crippen LogP contribution is -1.88. The van der Waals surface area contributed by atoms with Gasteiger partial charge in [-0.1, -0.05) is 97.1 Å². The SMILES string of the molecule is c1ccc(-c2ccc(Cc3ccc4c(c3)oc3c5ccccc5ccc43)cc2)cc1. The van der Waals surface area contributed by atoms with Gasteiger partial charge in [0.15, 0.2) is 0 Å². The van der Waals surface area contributed by atoms with Gasteiger partial charge in [0.05, 0.1) is 0 Å². The van der Waals surface area contributed by atoms with Gasteiger partial charge < -0.3 is 4.42 Å². The summed E-state index contributed by atoms with van der Waals surface area (Å²) in [6, 6.07) is 38.7. The highest BCUT2D eigenvalue weighted by Gasteiger charge is 2.11. The molecule has 6 rings (SSSR count). The number of rotatable bonds is 3. The molecule has 0 aliphatic carbocycles. The molecule has 1 nitrogen and oxygen atoms in total. The summed E-state index contributed by atoms with van der Waals surface area (Å²) in [5.41, 5.74) is 7.00. The first-order valence-electron chi connectivity index (χ1n) is 10.3. The highest BCUT2D eigenvalue weighted by molar-refractivity contribution is 6.14. The van der Waals surface area contributed by atoms with Crippen molar-refractivity contribution in [3.8, 4) is 11.1 Å². The molecular weight excluding hydrogens is 364 g/mol. The van der Waals surface area contributed by atoms with Crippen LogP contribution in [-0.4, -0.2) is 0 Å². The van der Waals surface area contributed by atoms with E-state index in [0.29, 0.717) is 0 Å². The minimum Gasteiger partial charge on any atom is -0.455 e. The van der Waals surface area contributed by atoms with Crippen molar-refractivity contribution in [1.29, 1.82) is 0 Å². The van der Waals surface area contributed by atoms with Crippen LogP contribution in [0.5, 0.6) is 0 Å². The standard InChI is InChI=1S/C29H20O/c1-2-6-22(7-3-1)23-13-10-20(11-14-23)18-21-12-16-26-27-17-15-24-8-4-5-9-25(24)29(27)30-28(26)19-21/h1-17,19H,18H2. The molecule has 0 bridgehead atoms. The first kappa shape index (κ1) is 17.1. The van der Waals surface area contributed by atoms with Crippen LogP contribution < -0.4 is 0 Å². The molecule has 6 aromatic rings. The molecule has 0 spiro atoms.